The molecule has 0 unspecified atom stereocenters. The molecule has 0 spiro atoms. The van der Waals surface area contributed by atoms with Crippen LogP contribution in [0.5, 0.6) is 0 Å². The molecule has 4 heterocycles. The van der Waals surface area contributed by atoms with Crippen molar-refractivity contribution in [3.63, 3.8) is 0 Å². The fourth-order valence-corrected chi connectivity index (χ4v) is 19.8. The second-order valence-electron chi connectivity index (χ2n) is 14.7. The average molecular weight is 740 g/mol. The zero-order valence-electron chi connectivity index (χ0n) is 29.5. The summed E-state index contributed by atoms with van der Waals surface area (Å²) in [5.41, 5.74) is 10.9. The molecule has 7 aromatic carbocycles. The first-order valence-corrected chi connectivity index (χ1v) is 22.5. The molecule has 0 saturated carbocycles. The fraction of sp³-hybridized carbons (Fsp3) is 0.0417. The Morgan fingerprint density at radius 2 is 1.09 bits per heavy atom. The number of nitrogens with zero attached hydrogens (tertiary/aromatic N) is 4. The van der Waals surface area contributed by atoms with Crippen LogP contribution in [0.15, 0.2) is 176 Å². The molecule has 0 saturated heterocycles. The average Bonchev–Trinajstić information content (AvgIpc) is 3.79. The quantitative estimate of drug-likeness (QED) is 0.134. The van der Waals surface area contributed by atoms with Gasteiger partial charge in [0, 0.05) is 0 Å². The molecule has 0 radical (unpaired) electrons. The van der Waals surface area contributed by atoms with Crippen molar-refractivity contribution >= 4 is 64.2 Å². The van der Waals surface area contributed by atoms with Gasteiger partial charge in [0.15, 0.2) is 0 Å². The minimum atomic E-state index is -3.71. The van der Waals surface area contributed by atoms with E-state index in [1.54, 1.807) is 0 Å². The van der Waals surface area contributed by atoms with Gasteiger partial charge in [0.25, 0.3) is 0 Å². The van der Waals surface area contributed by atoms with Gasteiger partial charge in [0.05, 0.1) is 0 Å². The molecule has 0 atom stereocenters. The van der Waals surface area contributed by atoms with Crippen LogP contribution < -0.4 is 22.2 Å². The summed E-state index contributed by atoms with van der Waals surface area (Å²) in [5.74, 6) is 1.69. The van der Waals surface area contributed by atoms with Gasteiger partial charge in [-0.25, -0.2) is 0 Å². The van der Waals surface area contributed by atoms with E-state index in [1.165, 1.54) is 56.6 Å². The topological polar surface area (TPSA) is 30.7 Å². The SMILES string of the molecule is C[N+]1(C)c2ccccc2-c2cc3c(cc21)c1ccccc1n3-c1nc(-c2ccccc2)n[c]2c1-c1cccc[c]1[Ge]2([c]1ccccc1)[c]1ccccc1. The maximum absolute atomic E-state index is 5.74. The third kappa shape index (κ3) is 4.10. The van der Waals surface area contributed by atoms with Crippen LogP contribution in [0, 0.1) is 0 Å². The number of rotatable bonds is 4. The van der Waals surface area contributed by atoms with Crippen molar-refractivity contribution in [1.29, 1.82) is 0 Å². The zero-order valence-corrected chi connectivity index (χ0v) is 31.6. The molecule has 53 heavy (non-hydrogen) atoms. The first-order valence-electron chi connectivity index (χ1n) is 18.3. The van der Waals surface area contributed by atoms with Crippen molar-refractivity contribution in [1.82, 2.24) is 19.0 Å². The van der Waals surface area contributed by atoms with Crippen LogP contribution in [0.4, 0.5) is 11.4 Å². The summed E-state index contributed by atoms with van der Waals surface area (Å²) in [7, 11) is 4.60. The van der Waals surface area contributed by atoms with Gasteiger partial charge >= 0.3 is 313 Å². The number of fused-ring (bicyclic) bond motifs is 9. The Bertz CT molecular complexity index is 2870. The third-order valence-electron chi connectivity index (χ3n) is 11.7. The van der Waals surface area contributed by atoms with Crippen molar-refractivity contribution in [2.24, 2.45) is 0 Å². The van der Waals surface area contributed by atoms with Gasteiger partial charge in [-0.05, 0) is 0 Å². The normalized spacial score (nSPS) is 14.5. The van der Waals surface area contributed by atoms with E-state index in [0.29, 0.717) is 4.48 Å². The van der Waals surface area contributed by atoms with Crippen LogP contribution in [0.25, 0.3) is 61.3 Å². The summed E-state index contributed by atoms with van der Waals surface area (Å²) in [5, 5.41) is 2.46. The summed E-state index contributed by atoms with van der Waals surface area (Å²) in [6.45, 7) is 0. The molecule has 0 aliphatic carbocycles. The van der Waals surface area contributed by atoms with E-state index >= 15 is 0 Å². The van der Waals surface area contributed by atoms with E-state index in [-0.39, 0.29) is 0 Å². The fourth-order valence-electron chi connectivity index (χ4n) is 9.36. The summed E-state index contributed by atoms with van der Waals surface area (Å²) in [6, 6.07) is 64.5. The van der Waals surface area contributed by atoms with Crippen molar-refractivity contribution in [3.8, 4) is 39.5 Å². The zero-order chi connectivity index (χ0) is 35.3. The second-order valence-corrected chi connectivity index (χ2v) is 22.4. The number of quaternary nitrogens is 1. The number of hydrogen-bond donors (Lipinski definition) is 0. The monoisotopic (exact) mass is 741 g/mol. The van der Waals surface area contributed by atoms with Gasteiger partial charge < -0.3 is 0 Å². The van der Waals surface area contributed by atoms with Crippen LogP contribution in [0.2, 0.25) is 0 Å². The van der Waals surface area contributed by atoms with Crippen molar-refractivity contribution < 1.29 is 0 Å². The van der Waals surface area contributed by atoms with E-state index in [2.05, 4.69) is 195 Å². The number of aromatic nitrogens is 3. The number of para-hydroxylation sites is 2. The molecule has 0 N–H and O–H groups in total. The molecule has 5 heteroatoms. The molecule has 2 aliphatic rings. The Morgan fingerprint density at radius 1 is 0.491 bits per heavy atom. The Labute approximate surface area is 311 Å². The molecule has 4 nitrogen and oxygen atoms in total. The van der Waals surface area contributed by atoms with Gasteiger partial charge in [-0.1, -0.05) is 0 Å². The second kappa shape index (κ2) is 11.2. The summed E-state index contributed by atoms with van der Waals surface area (Å²) < 4.78 is 8.47. The van der Waals surface area contributed by atoms with E-state index < -0.39 is 13.3 Å². The summed E-state index contributed by atoms with van der Waals surface area (Å²) >= 11 is -3.71. The third-order valence-corrected chi connectivity index (χ3v) is 21.6. The van der Waals surface area contributed by atoms with E-state index in [4.69, 9.17) is 9.97 Å². The standard InChI is InChI=1S/C48H35GeN4/c1-53(2)43-29-17-14-25-36(43)39-30-42-38(31-44(39)53)35-24-13-16-28-41(35)52(42)48-45-37-26-12-15-27-40(37)49(33-20-8-4-9-21-33,34-22-10-5-11-23-34)46(45)50-47(51-48)32-18-6-3-7-19-32/h3-31H,1-2H3/q+1. The number of hydrogen-bond acceptors (Lipinski definition) is 2. The van der Waals surface area contributed by atoms with Gasteiger partial charge in [0.2, 0.25) is 0 Å². The van der Waals surface area contributed by atoms with Gasteiger partial charge in [-0.2, -0.15) is 0 Å². The van der Waals surface area contributed by atoms with Crippen LogP contribution >= 0.6 is 0 Å². The Kier molecular flexibility index (Phi) is 6.46. The minimum absolute atomic E-state index is 0.708. The first kappa shape index (κ1) is 30.5. The van der Waals surface area contributed by atoms with Gasteiger partial charge in [-0.15, -0.1) is 0 Å². The molecule has 2 aliphatic heterocycles. The molecule has 0 fully saturated rings. The predicted molar refractivity (Wildman–Crippen MR) is 223 cm³/mol. The Morgan fingerprint density at radius 3 is 1.83 bits per heavy atom. The summed E-state index contributed by atoms with van der Waals surface area (Å²) in [4.78, 5) is 11.4. The Hall–Kier alpha value is -6.08. The van der Waals surface area contributed by atoms with Gasteiger partial charge in [-0.3, -0.25) is 0 Å². The summed E-state index contributed by atoms with van der Waals surface area (Å²) in [6.07, 6.45) is 0. The molecular weight excluding hydrogens is 705 g/mol. The molecule has 9 aromatic rings. The number of benzene rings is 7. The maximum atomic E-state index is 5.74. The predicted octanol–water partition coefficient (Wildman–Crippen LogP) is 8.48. The molecule has 2 aromatic heterocycles. The molecular formula is C48H35GeN4+. The molecule has 0 amide bonds. The van der Waals surface area contributed by atoms with Crippen LogP contribution in [0.3, 0.4) is 0 Å². The van der Waals surface area contributed by atoms with Crippen LogP contribution in [-0.2, 0) is 0 Å². The molecule has 11 rings (SSSR count). The van der Waals surface area contributed by atoms with Crippen LogP contribution in [0.1, 0.15) is 0 Å². The Balaban J connectivity index is 1.33. The van der Waals surface area contributed by atoms with Crippen molar-refractivity contribution in [2.45, 2.75) is 0 Å². The van der Waals surface area contributed by atoms with Gasteiger partial charge in [0.1, 0.15) is 0 Å². The molecule has 250 valence electrons. The van der Waals surface area contributed by atoms with Crippen LogP contribution in [-0.4, -0.2) is 41.9 Å². The van der Waals surface area contributed by atoms with Crippen molar-refractivity contribution in [2.75, 3.05) is 14.1 Å². The molecule has 0 bridgehead atoms. The van der Waals surface area contributed by atoms with E-state index in [1.807, 2.05) is 0 Å². The van der Waals surface area contributed by atoms with E-state index in [9.17, 15) is 0 Å². The van der Waals surface area contributed by atoms with E-state index in [0.717, 1.165) is 33.8 Å². The first-order chi connectivity index (χ1) is 26.1. The van der Waals surface area contributed by atoms with Crippen molar-refractivity contribution in [3.05, 3.63) is 176 Å².